The zero-order valence-corrected chi connectivity index (χ0v) is 25.1. The van der Waals surface area contributed by atoms with Crippen molar-refractivity contribution in [2.45, 2.75) is 49.5 Å². The number of amides is 1. The lowest BCUT2D eigenvalue weighted by atomic mass is 9.79. The summed E-state index contributed by atoms with van der Waals surface area (Å²) < 4.78 is 41.6. The SMILES string of the molecule is C[C@@H](O)[C@H]1C(=O)N2C(C(=O)[O-])=C(Sc3nc4cc(C[N+]56CC[N+](CCC(F)(F)F)(CC5)CC6)ccc4s3)[C@H](C)[C@H]12.[Cl-]. The Morgan fingerprint density at radius 2 is 1.85 bits per heavy atom. The number of quaternary nitrogens is 2. The molecule has 1 aromatic heterocycles. The van der Waals surface area contributed by atoms with Crippen LogP contribution in [0.1, 0.15) is 25.8 Å². The summed E-state index contributed by atoms with van der Waals surface area (Å²) in [7, 11) is 0. The first kappa shape index (κ1) is 30.6. The number of β-lactam (4-membered cyclic amide) rings is 1. The van der Waals surface area contributed by atoms with Crippen LogP contribution in [0.15, 0.2) is 33.1 Å². The van der Waals surface area contributed by atoms with Gasteiger partial charge in [-0.25, -0.2) is 4.98 Å². The molecule has 4 atom stereocenters. The van der Waals surface area contributed by atoms with E-state index in [1.807, 2.05) is 13.0 Å². The van der Waals surface area contributed by atoms with Gasteiger partial charge in [-0.05, 0) is 19.1 Å². The van der Waals surface area contributed by atoms with Crippen LogP contribution in [0.3, 0.4) is 0 Å². The molecule has 1 N–H and O–H groups in total. The number of carboxylic acid groups (broad SMARTS) is 1. The highest BCUT2D eigenvalue weighted by molar-refractivity contribution is 8.04. The second kappa shape index (κ2) is 10.7. The van der Waals surface area contributed by atoms with Gasteiger partial charge in [0.1, 0.15) is 45.8 Å². The van der Waals surface area contributed by atoms with Gasteiger partial charge in [0.15, 0.2) is 4.34 Å². The molecule has 224 valence electrons. The second-order valence-corrected chi connectivity index (χ2v) is 14.2. The normalized spacial score (nSPS) is 31.7. The number of rotatable bonds is 8. The largest absolute Gasteiger partial charge is 1.00 e. The molecule has 1 amide bonds. The number of piperazine rings is 3. The van der Waals surface area contributed by atoms with Crippen molar-refractivity contribution in [3.63, 3.8) is 0 Å². The van der Waals surface area contributed by atoms with E-state index in [0.29, 0.717) is 13.7 Å². The number of aliphatic hydroxyl groups excluding tert-OH is 1. The molecule has 2 bridgehead atoms. The zero-order chi connectivity index (χ0) is 28.6. The molecule has 6 heterocycles. The lowest BCUT2D eigenvalue weighted by Gasteiger charge is -2.55. The Labute approximate surface area is 250 Å². The van der Waals surface area contributed by atoms with E-state index in [0.717, 1.165) is 66.1 Å². The van der Waals surface area contributed by atoms with Crippen LogP contribution >= 0.6 is 23.1 Å². The maximum Gasteiger partial charge on any atom is 0.394 e. The lowest BCUT2D eigenvalue weighted by Crippen LogP contribution is -3.00. The van der Waals surface area contributed by atoms with Crippen molar-refractivity contribution in [2.24, 2.45) is 11.8 Å². The van der Waals surface area contributed by atoms with Crippen LogP contribution < -0.4 is 17.5 Å². The Kier molecular flexibility index (Phi) is 7.95. The van der Waals surface area contributed by atoms with Crippen LogP contribution in [0.25, 0.3) is 10.2 Å². The first-order valence-electron chi connectivity index (χ1n) is 13.6. The number of aromatic nitrogens is 1. The molecule has 0 saturated carbocycles. The Morgan fingerprint density at radius 1 is 1.22 bits per heavy atom. The predicted octanol–water partition coefficient (Wildman–Crippen LogP) is -0.675. The van der Waals surface area contributed by atoms with Gasteiger partial charge in [0.2, 0.25) is 5.91 Å². The van der Waals surface area contributed by atoms with Gasteiger partial charge in [-0.2, -0.15) is 13.2 Å². The first-order valence-corrected chi connectivity index (χ1v) is 15.2. The number of aliphatic carboxylic acids is 1. The topological polar surface area (TPSA) is 93.6 Å². The summed E-state index contributed by atoms with van der Waals surface area (Å²) in [4.78, 5) is 31.2. The summed E-state index contributed by atoms with van der Waals surface area (Å²) in [5.41, 5.74) is 1.82. The fourth-order valence-corrected chi connectivity index (χ4v) is 9.42. The molecular weight excluding hydrogens is 601 g/mol. The molecule has 1 aromatic carbocycles. The number of thiazole rings is 1. The molecule has 5 aliphatic rings. The molecule has 0 unspecified atom stereocenters. The van der Waals surface area contributed by atoms with E-state index in [9.17, 15) is 33.0 Å². The Hall–Kier alpha value is -1.90. The van der Waals surface area contributed by atoms with Crippen LogP contribution in [0.4, 0.5) is 13.2 Å². The highest BCUT2D eigenvalue weighted by Gasteiger charge is 2.59. The molecule has 4 saturated heterocycles. The minimum absolute atomic E-state index is 0. The van der Waals surface area contributed by atoms with Crippen molar-refractivity contribution in [3.05, 3.63) is 34.4 Å². The third kappa shape index (κ3) is 5.38. The number of aliphatic hydroxyl groups is 1. The minimum atomic E-state index is -4.11. The molecule has 0 aliphatic carbocycles. The van der Waals surface area contributed by atoms with Gasteiger partial charge in [-0.1, -0.05) is 24.8 Å². The summed E-state index contributed by atoms with van der Waals surface area (Å²) in [5.74, 6) is -2.70. The number of alkyl halides is 3. The number of hydrogen-bond acceptors (Lipinski definition) is 7. The summed E-state index contributed by atoms with van der Waals surface area (Å²) in [5, 5.41) is 22.1. The highest BCUT2D eigenvalue weighted by atomic mass is 35.5. The molecule has 41 heavy (non-hydrogen) atoms. The summed E-state index contributed by atoms with van der Waals surface area (Å²) in [6.07, 6.45) is -5.70. The number of carbonyl (C=O) groups is 2. The fourth-order valence-electron chi connectivity index (χ4n) is 7.10. The van der Waals surface area contributed by atoms with Crippen molar-refractivity contribution in [2.75, 3.05) is 45.8 Å². The van der Waals surface area contributed by atoms with Crippen molar-refractivity contribution in [3.8, 4) is 0 Å². The molecule has 4 fully saturated rings. The lowest BCUT2D eigenvalue weighted by molar-refractivity contribution is -1.09. The number of carboxylic acids is 1. The number of thioether (sulfide) groups is 1. The number of hydrogen-bond donors (Lipinski definition) is 1. The molecule has 7 rings (SSSR count). The smallest absolute Gasteiger partial charge is 0.394 e. The quantitative estimate of drug-likeness (QED) is 0.307. The van der Waals surface area contributed by atoms with E-state index in [4.69, 9.17) is 4.98 Å². The first-order chi connectivity index (χ1) is 18.8. The van der Waals surface area contributed by atoms with Crippen LogP contribution in [0, 0.1) is 11.8 Å². The van der Waals surface area contributed by atoms with Gasteiger partial charge >= 0.3 is 6.18 Å². The Bertz CT molecular complexity index is 1390. The number of halogens is 4. The number of fused-ring (bicyclic) bond motifs is 5. The van der Waals surface area contributed by atoms with Gasteiger partial charge < -0.3 is 41.3 Å². The third-order valence-electron chi connectivity index (χ3n) is 9.47. The van der Waals surface area contributed by atoms with E-state index in [1.54, 1.807) is 6.92 Å². The summed E-state index contributed by atoms with van der Waals surface area (Å²) >= 11 is 2.70. The maximum absolute atomic E-state index is 12.8. The Balaban J connectivity index is 0.00000337. The highest BCUT2D eigenvalue weighted by Crippen LogP contribution is 2.52. The number of carbonyl (C=O) groups excluding carboxylic acids is 2. The predicted molar refractivity (Wildman–Crippen MR) is 141 cm³/mol. The van der Waals surface area contributed by atoms with E-state index in [2.05, 4.69) is 12.1 Å². The maximum atomic E-state index is 12.8. The second-order valence-electron chi connectivity index (χ2n) is 11.9. The molecule has 5 aliphatic heterocycles. The fraction of sp³-hybridized carbons (Fsp3) is 0.593. The van der Waals surface area contributed by atoms with Gasteiger partial charge in [0, 0.05) is 16.4 Å². The summed E-state index contributed by atoms with van der Waals surface area (Å²) in [6, 6.07) is 5.76. The standard InChI is InChI=1S/C27H32F3N4O4S2.ClH/c1-15-21-20(16(2)35)24(36)32(21)22(25(37)38)23(15)40-26-31-18-13-17(3-4-19(18)39-26)14-34-10-7-33(8-11-34,9-12-34)6-5-27(28,29)30;/h3-4,13,15-16,20-21,35H,5-12,14H2,1-2H3;1H/q+1;/p-1/t15-,16-,20-,21-,33?,34?;/m1./s1. The zero-order valence-electron chi connectivity index (χ0n) is 22.7. The van der Waals surface area contributed by atoms with Crippen LogP contribution in [0.2, 0.25) is 0 Å². The van der Waals surface area contributed by atoms with Gasteiger partial charge in [0.05, 0.1) is 52.9 Å². The van der Waals surface area contributed by atoms with Gasteiger partial charge in [-0.15, -0.1) is 11.3 Å². The van der Waals surface area contributed by atoms with Gasteiger partial charge in [0.25, 0.3) is 0 Å². The minimum Gasteiger partial charge on any atom is -1.00 e. The average molecular weight is 633 g/mol. The van der Waals surface area contributed by atoms with Crippen LogP contribution in [-0.4, -0.2) is 100.0 Å². The van der Waals surface area contributed by atoms with Crippen LogP contribution in [-0.2, 0) is 16.1 Å². The number of nitrogens with zero attached hydrogens (tertiary/aromatic N) is 4. The van der Waals surface area contributed by atoms with Crippen molar-refractivity contribution >= 4 is 45.2 Å². The molecule has 8 nitrogen and oxygen atoms in total. The van der Waals surface area contributed by atoms with Crippen molar-refractivity contribution < 1.29 is 54.3 Å². The monoisotopic (exact) mass is 632 g/mol. The van der Waals surface area contributed by atoms with Crippen LogP contribution in [0.5, 0.6) is 0 Å². The molecule has 2 aromatic rings. The van der Waals surface area contributed by atoms with E-state index < -0.39 is 42.5 Å². The molecular formula is C27H32ClF3N4O4S2. The van der Waals surface area contributed by atoms with E-state index >= 15 is 0 Å². The summed E-state index contributed by atoms with van der Waals surface area (Å²) in [6.45, 7) is 9.35. The van der Waals surface area contributed by atoms with Gasteiger partial charge in [-0.3, -0.25) is 4.79 Å². The van der Waals surface area contributed by atoms with E-state index in [1.165, 1.54) is 28.0 Å². The average Bonchev–Trinajstić information content (AvgIpc) is 3.39. The van der Waals surface area contributed by atoms with E-state index in [-0.39, 0.29) is 30.6 Å². The third-order valence-corrected chi connectivity index (χ3v) is 11.8. The molecule has 14 heteroatoms. The van der Waals surface area contributed by atoms with Crippen molar-refractivity contribution in [1.82, 2.24) is 9.88 Å². The molecule has 0 spiro atoms. The Morgan fingerprint density at radius 3 is 2.44 bits per heavy atom. The number of benzene rings is 1. The van der Waals surface area contributed by atoms with Crippen molar-refractivity contribution in [1.29, 1.82) is 0 Å². The molecule has 0 radical (unpaired) electrons.